The van der Waals surface area contributed by atoms with E-state index in [0.717, 1.165) is 24.2 Å². The molecule has 0 radical (unpaired) electrons. The molecule has 2 aromatic heterocycles. The van der Waals surface area contributed by atoms with E-state index in [1.807, 2.05) is 19.9 Å². The molecule has 0 spiro atoms. The van der Waals surface area contributed by atoms with E-state index in [1.54, 1.807) is 0 Å². The van der Waals surface area contributed by atoms with Crippen LogP contribution in [0.15, 0.2) is 11.0 Å². The zero-order valence-corrected chi connectivity index (χ0v) is 13.7. The Morgan fingerprint density at radius 3 is 2.29 bits per heavy atom. The van der Waals surface area contributed by atoms with Crippen molar-refractivity contribution in [2.24, 2.45) is 0 Å². The van der Waals surface area contributed by atoms with Crippen LogP contribution < -0.4 is 0 Å². The Morgan fingerprint density at radius 1 is 1.24 bits per heavy atom. The summed E-state index contributed by atoms with van der Waals surface area (Å²) in [5.74, 6) is 0.323. The molecule has 0 saturated heterocycles. The maximum atomic E-state index is 11.8. The predicted molar refractivity (Wildman–Crippen MR) is 78.7 cm³/mol. The molecule has 0 N–H and O–H groups in total. The Morgan fingerprint density at radius 2 is 1.81 bits per heavy atom. The second-order valence-electron chi connectivity index (χ2n) is 5.08. The number of aromatic nitrogens is 4. The normalized spacial score (nSPS) is 15.4. The first-order valence-electron chi connectivity index (χ1n) is 6.33. The van der Waals surface area contributed by atoms with Gasteiger partial charge in [0.1, 0.15) is 4.90 Å². The van der Waals surface area contributed by atoms with E-state index in [2.05, 4.69) is 15.1 Å². The first kappa shape index (κ1) is 14.7. The smallest absolute Gasteiger partial charge is 0.216 e. The number of aryl methyl sites for hydroxylation is 2. The average Bonchev–Trinajstić information content (AvgIpc) is 3.10. The Labute approximate surface area is 131 Å². The van der Waals surface area contributed by atoms with Crippen LogP contribution in [0.1, 0.15) is 35.8 Å². The lowest BCUT2D eigenvalue weighted by atomic mass is 10.3. The number of nitrogens with zero attached hydrogens (tertiary/aromatic N) is 4. The molecule has 2 aromatic rings. The molecule has 1 saturated carbocycles. The third-order valence-corrected chi connectivity index (χ3v) is 5.00. The van der Waals surface area contributed by atoms with Gasteiger partial charge in [0.15, 0.2) is 5.15 Å². The topological polar surface area (TPSA) is 77.7 Å². The monoisotopic (exact) mass is 346 g/mol. The molecule has 1 fully saturated rings. The summed E-state index contributed by atoms with van der Waals surface area (Å²) in [4.78, 5) is 8.37. The molecule has 0 aliphatic heterocycles. The van der Waals surface area contributed by atoms with Crippen molar-refractivity contribution in [1.29, 1.82) is 0 Å². The summed E-state index contributed by atoms with van der Waals surface area (Å²) in [5, 5.41) is 4.21. The van der Waals surface area contributed by atoms with Crippen LogP contribution in [0.4, 0.5) is 0 Å². The Balaban J connectivity index is 2.24. The van der Waals surface area contributed by atoms with E-state index >= 15 is 0 Å². The predicted octanol–water partition coefficient (Wildman–Crippen LogP) is 2.74. The van der Waals surface area contributed by atoms with Crippen LogP contribution in [0, 0.1) is 13.8 Å². The highest BCUT2D eigenvalue weighted by Gasteiger charge is 2.36. The van der Waals surface area contributed by atoms with Gasteiger partial charge in [0.25, 0.3) is 15.0 Å². The molecule has 2 heterocycles. The van der Waals surface area contributed by atoms with E-state index in [1.165, 1.54) is 4.68 Å². The van der Waals surface area contributed by atoms with Crippen LogP contribution >= 0.6 is 22.3 Å². The molecule has 0 amide bonds. The van der Waals surface area contributed by atoms with Crippen molar-refractivity contribution in [3.05, 3.63) is 28.3 Å². The minimum Gasteiger partial charge on any atom is -0.216 e. The second-order valence-corrected chi connectivity index (χ2v) is 7.94. The molecular formula is C12H12Cl2N4O2S. The molecule has 0 atom stereocenters. The van der Waals surface area contributed by atoms with Gasteiger partial charge >= 0.3 is 0 Å². The summed E-state index contributed by atoms with van der Waals surface area (Å²) >= 11 is 6.18. The summed E-state index contributed by atoms with van der Waals surface area (Å²) < 4.78 is 24.8. The van der Waals surface area contributed by atoms with Crippen molar-refractivity contribution in [2.75, 3.05) is 0 Å². The molecule has 21 heavy (non-hydrogen) atoms. The minimum atomic E-state index is -3.98. The van der Waals surface area contributed by atoms with Crippen LogP contribution in [0.5, 0.6) is 0 Å². The van der Waals surface area contributed by atoms with Crippen molar-refractivity contribution in [1.82, 2.24) is 19.7 Å². The van der Waals surface area contributed by atoms with Crippen LogP contribution in [0.3, 0.4) is 0 Å². The van der Waals surface area contributed by atoms with Crippen LogP contribution in [0.2, 0.25) is 5.15 Å². The second kappa shape index (κ2) is 4.93. The SMILES string of the molecule is Cc1cc(C)nc(-n2nc(C3CC3)c(S(=O)(=O)Cl)c2Cl)n1. The molecule has 1 aliphatic rings. The fourth-order valence-electron chi connectivity index (χ4n) is 2.18. The molecule has 9 heteroatoms. The summed E-state index contributed by atoms with van der Waals surface area (Å²) in [6.45, 7) is 3.63. The Hall–Kier alpha value is -1.18. The lowest BCUT2D eigenvalue weighted by molar-refractivity contribution is 0.608. The van der Waals surface area contributed by atoms with Crippen molar-refractivity contribution < 1.29 is 8.42 Å². The van der Waals surface area contributed by atoms with Gasteiger partial charge in [-0.2, -0.15) is 9.78 Å². The van der Waals surface area contributed by atoms with Crippen LogP contribution in [-0.4, -0.2) is 28.2 Å². The van der Waals surface area contributed by atoms with Gasteiger partial charge in [-0.3, -0.25) is 0 Å². The number of hydrogen-bond acceptors (Lipinski definition) is 5. The first-order chi connectivity index (χ1) is 9.77. The minimum absolute atomic E-state index is 0.0723. The lowest BCUT2D eigenvalue weighted by Crippen LogP contribution is -2.06. The summed E-state index contributed by atoms with van der Waals surface area (Å²) in [7, 11) is 1.52. The van der Waals surface area contributed by atoms with Gasteiger partial charge in [0.05, 0.1) is 5.69 Å². The molecule has 112 valence electrons. The van der Waals surface area contributed by atoms with Crippen molar-refractivity contribution in [3.8, 4) is 5.95 Å². The van der Waals surface area contributed by atoms with Crippen LogP contribution in [-0.2, 0) is 9.05 Å². The number of halogens is 2. The summed E-state index contributed by atoms with van der Waals surface area (Å²) in [6, 6.07) is 1.81. The van der Waals surface area contributed by atoms with E-state index in [4.69, 9.17) is 22.3 Å². The molecule has 1 aliphatic carbocycles. The lowest BCUT2D eigenvalue weighted by Gasteiger charge is -2.03. The Bertz CT molecular complexity index is 808. The first-order valence-corrected chi connectivity index (χ1v) is 9.02. The third-order valence-electron chi connectivity index (χ3n) is 3.18. The van der Waals surface area contributed by atoms with E-state index in [9.17, 15) is 8.42 Å². The fourth-order valence-corrected chi connectivity index (χ4v) is 4.02. The largest absolute Gasteiger partial charge is 0.266 e. The highest BCUT2D eigenvalue weighted by atomic mass is 35.7. The van der Waals surface area contributed by atoms with Gasteiger partial charge in [-0.25, -0.2) is 18.4 Å². The standard InChI is InChI=1S/C12H12Cl2N4O2S/c1-6-5-7(2)16-12(15-6)18-11(13)10(21(14,19)20)9(17-18)8-3-4-8/h5,8H,3-4H2,1-2H3. The third kappa shape index (κ3) is 2.77. The highest BCUT2D eigenvalue weighted by Crippen LogP contribution is 2.45. The van der Waals surface area contributed by atoms with Crippen LogP contribution in [0.25, 0.3) is 5.95 Å². The maximum absolute atomic E-state index is 11.8. The molecule has 3 rings (SSSR count). The number of hydrogen-bond donors (Lipinski definition) is 0. The average molecular weight is 347 g/mol. The molecular weight excluding hydrogens is 335 g/mol. The quantitative estimate of drug-likeness (QED) is 0.798. The maximum Gasteiger partial charge on any atom is 0.266 e. The molecule has 0 aromatic carbocycles. The Kier molecular flexibility index (Phi) is 3.46. The zero-order chi connectivity index (χ0) is 15.4. The summed E-state index contributed by atoms with van der Waals surface area (Å²) in [6.07, 6.45) is 1.75. The van der Waals surface area contributed by atoms with Gasteiger partial charge in [0.2, 0.25) is 0 Å². The summed E-state index contributed by atoms with van der Waals surface area (Å²) in [5.41, 5.74) is 1.89. The zero-order valence-electron chi connectivity index (χ0n) is 11.3. The van der Waals surface area contributed by atoms with E-state index < -0.39 is 9.05 Å². The van der Waals surface area contributed by atoms with Gasteiger partial charge < -0.3 is 0 Å². The molecule has 6 nitrogen and oxygen atoms in total. The molecule has 0 unspecified atom stereocenters. The van der Waals surface area contributed by atoms with Crippen molar-refractivity contribution in [3.63, 3.8) is 0 Å². The van der Waals surface area contributed by atoms with Gasteiger partial charge in [0, 0.05) is 28.0 Å². The van der Waals surface area contributed by atoms with Gasteiger partial charge in [-0.05, 0) is 32.8 Å². The van der Waals surface area contributed by atoms with E-state index in [-0.39, 0.29) is 21.9 Å². The van der Waals surface area contributed by atoms with Gasteiger partial charge in [-0.15, -0.1) is 0 Å². The van der Waals surface area contributed by atoms with Crippen molar-refractivity contribution in [2.45, 2.75) is 37.5 Å². The van der Waals surface area contributed by atoms with Gasteiger partial charge in [-0.1, -0.05) is 11.6 Å². The van der Waals surface area contributed by atoms with E-state index in [0.29, 0.717) is 5.69 Å². The molecule has 0 bridgehead atoms. The highest BCUT2D eigenvalue weighted by molar-refractivity contribution is 8.13. The number of rotatable bonds is 3. The fraction of sp³-hybridized carbons (Fsp3) is 0.417. The van der Waals surface area contributed by atoms with Crippen molar-refractivity contribution >= 4 is 31.3 Å².